The maximum atomic E-state index is 12.5. The summed E-state index contributed by atoms with van der Waals surface area (Å²) in [5.41, 5.74) is 5.18. The molecule has 0 N–H and O–H groups in total. The SMILES string of the molecule is COc1ccc(CC(=O)Cc2ccc(C3CCC(c4ccc(CC(=O)Cc5ccc(OC)cc5)nn4)C3)nn2)cc1. The summed E-state index contributed by atoms with van der Waals surface area (Å²) >= 11 is 0. The maximum Gasteiger partial charge on any atom is 0.143 e. The van der Waals surface area contributed by atoms with Crippen LogP contribution in [0.5, 0.6) is 11.5 Å². The van der Waals surface area contributed by atoms with Gasteiger partial charge in [-0.2, -0.15) is 20.4 Å². The van der Waals surface area contributed by atoms with E-state index in [0.717, 1.165) is 53.3 Å². The number of methoxy groups -OCH3 is 2. The van der Waals surface area contributed by atoms with Crippen LogP contribution in [0.3, 0.4) is 0 Å². The molecule has 0 bridgehead atoms. The first-order chi connectivity index (χ1) is 20.0. The van der Waals surface area contributed by atoms with Crippen molar-refractivity contribution in [2.45, 2.75) is 56.8 Å². The fourth-order valence-corrected chi connectivity index (χ4v) is 5.35. The molecule has 8 nitrogen and oxygen atoms in total. The monoisotopic (exact) mass is 550 g/mol. The van der Waals surface area contributed by atoms with E-state index in [-0.39, 0.29) is 24.4 Å². The second kappa shape index (κ2) is 13.3. The summed E-state index contributed by atoms with van der Waals surface area (Å²) in [4.78, 5) is 25.1. The number of hydrogen-bond acceptors (Lipinski definition) is 8. The molecule has 1 saturated carbocycles. The van der Waals surface area contributed by atoms with Crippen molar-refractivity contribution >= 4 is 11.6 Å². The van der Waals surface area contributed by atoms with Gasteiger partial charge in [-0.25, -0.2) is 0 Å². The van der Waals surface area contributed by atoms with Crippen LogP contribution in [-0.4, -0.2) is 46.2 Å². The molecule has 1 aliphatic rings. The molecule has 0 radical (unpaired) electrons. The summed E-state index contributed by atoms with van der Waals surface area (Å²) in [5, 5.41) is 17.6. The minimum Gasteiger partial charge on any atom is -0.497 e. The summed E-state index contributed by atoms with van der Waals surface area (Å²) in [6.07, 6.45) is 4.16. The minimum atomic E-state index is 0.0996. The molecule has 0 saturated heterocycles. The summed E-state index contributed by atoms with van der Waals surface area (Å²) in [7, 11) is 3.24. The summed E-state index contributed by atoms with van der Waals surface area (Å²) in [6, 6.07) is 22.9. The lowest BCUT2D eigenvalue weighted by Gasteiger charge is -2.11. The normalized spacial score (nSPS) is 16.3. The largest absolute Gasteiger partial charge is 0.497 e. The number of nitrogens with zero attached hydrogens (tertiary/aromatic N) is 4. The Bertz CT molecular complexity index is 1340. The molecule has 0 amide bonds. The van der Waals surface area contributed by atoms with Crippen molar-refractivity contribution in [1.29, 1.82) is 0 Å². The molecule has 2 unspecified atom stereocenters. The van der Waals surface area contributed by atoms with E-state index >= 15 is 0 Å². The third-order valence-electron chi connectivity index (χ3n) is 7.63. The number of ether oxygens (including phenoxy) is 2. The van der Waals surface area contributed by atoms with Gasteiger partial charge in [-0.1, -0.05) is 24.3 Å². The average Bonchev–Trinajstić information content (AvgIpc) is 3.49. The van der Waals surface area contributed by atoms with Crippen molar-refractivity contribution < 1.29 is 19.1 Å². The average molecular weight is 551 g/mol. The Morgan fingerprint density at radius 3 is 1.34 bits per heavy atom. The predicted octanol–water partition coefficient (Wildman–Crippen LogP) is 5.04. The Balaban J connectivity index is 1.10. The molecule has 4 aromatic rings. The van der Waals surface area contributed by atoms with Gasteiger partial charge in [-0.15, -0.1) is 0 Å². The first kappa shape index (κ1) is 28.1. The molecule has 5 rings (SSSR count). The lowest BCUT2D eigenvalue weighted by molar-refractivity contribution is -0.118. The van der Waals surface area contributed by atoms with Crippen LogP contribution >= 0.6 is 0 Å². The van der Waals surface area contributed by atoms with E-state index in [9.17, 15) is 9.59 Å². The predicted molar refractivity (Wildman–Crippen MR) is 154 cm³/mol. The van der Waals surface area contributed by atoms with Crippen LogP contribution in [0.15, 0.2) is 72.8 Å². The first-order valence-electron chi connectivity index (χ1n) is 13.9. The second-order valence-corrected chi connectivity index (χ2v) is 10.6. The van der Waals surface area contributed by atoms with Gasteiger partial charge in [-0.05, 0) is 78.9 Å². The Hall–Kier alpha value is -4.46. The number of carbonyl (C=O) groups is 2. The molecule has 1 fully saturated rings. The Morgan fingerprint density at radius 1 is 0.585 bits per heavy atom. The van der Waals surface area contributed by atoms with Crippen molar-refractivity contribution in [3.8, 4) is 11.5 Å². The molecule has 2 atom stereocenters. The van der Waals surface area contributed by atoms with E-state index in [2.05, 4.69) is 20.4 Å². The van der Waals surface area contributed by atoms with E-state index in [1.54, 1.807) is 14.2 Å². The van der Waals surface area contributed by atoms with Gasteiger partial charge in [0, 0.05) is 24.7 Å². The molecular formula is C33H34N4O4. The van der Waals surface area contributed by atoms with Gasteiger partial charge in [-0.3, -0.25) is 9.59 Å². The number of hydrogen-bond donors (Lipinski definition) is 0. The van der Waals surface area contributed by atoms with Crippen LogP contribution in [0.1, 0.15) is 65.0 Å². The topological polar surface area (TPSA) is 104 Å². The third-order valence-corrected chi connectivity index (χ3v) is 7.63. The zero-order valence-corrected chi connectivity index (χ0v) is 23.5. The van der Waals surface area contributed by atoms with E-state index in [0.29, 0.717) is 36.1 Å². The van der Waals surface area contributed by atoms with Crippen molar-refractivity contribution in [3.05, 3.63) is 107 Å². The number of ketones is 2. The molecule has 1 aliphatic carbocycles. The fourth-order valence-electron chi connectivity index (χ4n) is 5.35. The van der Waals surface area contributed by atoms with Gasteiger partial charge >= 0.3 is 0 Å². The number of carbonyl (C=O) groups excluding carboxylic acids is 2. The molecule has 41 heavy (non-hydrogen) atoms. The Labute approximate surface area is 240 Å². The summed E-state index contributed by atoms with van der Waals surface area (Å²) in [5.74, 6) is 2.33. The molecular weight excluding hydrogens is 516 g/mol. The standard InChI is InChI=1S/C33H34N4O4/c1-40-30-11-3-22(4-12-30)17-28(38)20-26-9-15-32(36-34-26)24-7-8-25(19-24)33-16-10-27(35-37-33)21-29(39)18-23-5-13-31(41-2)14-6-23/h3-6,9-16,24-25H,7-8,17-21H2,1-2H3. The van der Waals surface area contributed by atoms with Crippen LogP contribution in [0.2, 0.25) is 0 Å². The second-order valence-electron chi connectivity index (χ2n) is 10.6. The van der Waals surface area contributed by atoms with E-state index in [1.165, 1.54) is 0 Å². The van der Waals surface area contributed by atoms with Gasteiger partial charge in [0.25, 0.3) is 0 Å². The third kappa shape index (κ3) is 7.60. The van der Waals surface area contributed by atoms with Gasteiger partial charge in [0.15, 0.2) is 0 Å². The number of aromatic nitrogens is 4. The van der Waals surface area contributed by atoms with Crippen LogP contribution in [-0.2, 0) is 35.3 Å². The Morgan fingerprint density at radius 2 is 1.00 bits per heavy atom. The van der Waals surface area contributed by atoms with Gasteiger partial charge < -0.3 is 9.47 Å². The fraction of sp³-hybridized carbons (Fsp3) is 0.333. The van der Waals surface area contributed by atoms with Crippen LogP contribution in [0.4, 0.5) is 0 Å². The minimum absolute atomic E-state index is 0.0996. The molecule has 0 aliphatic heterocycles. The van der Waals surface area contributed by atoms with E-state index in [1.807, 2.05) is 72.8 Å². The Kier molecular flexibility index (Phi) is 9.08. The molecule has 2 heterocycles. The van der Waals surface area contributed by atoms with E-state index < -0.39 is 0 Å². The number of rotatable bonds is 12. The molecule has 0 spiro atoms. The first-order valence-corrected chi connectivity index (χ1v) is 13.9. The van der Waals surface area contributed by atoms with Crippen LogP contribution in [0, 0.1) is 0 Å². The zero-order valence-electron chi connectivity index (χ0n) is 23.5. The van der Waals surface area contributed by atoms with Crippen molar-refractivity contribution in [2.24, 2.45) is 0 Å². The highest BCUT2D eigenvalue weighted by atomic mass is 16.5. The van der Waals surface area contributed by atoms with Crippen molar-refractivity contribution in [2.75, 3.05) is 14.2 Å². The molecule has 2 aromatic heterocycles. The number of benzene rings is 2. The van der Waals surface area contributed by atoms with E-state index in [4.69, 9.17) is 9.47 Å². The highest BCUT2D eigenvalue weighted by Gasteiger charge is 2.29. The van der Waals surface area contributed by atoms with Gasteiger partial charge in [0.1, 0.15) is 23.1 Å². The zero-order chi connectivity index (χ0) is 28.6. The highest BCUT2D eigenvalue weighted by molar-refractivity contribution is 5.83. The van der Waals surface area contributed by atoms with Crippen molar-refractivity contribution in [1.82, 2.24) is 20.4 Å². The quantitative estimate of drug-likeness (QED) is 0.242. The number of Topliss-reactive ketones (excluding diaryl/α,β-unsaturated/α-hetero) is 2. The lowest BCUT2D eigenvalue weighted by Crippen LogP contribution is -2.10. The summed E-state index contributed by atoms with van der Waals surface area (Å²) < 4.78 is 10.3. The van der Waals surface area contributed by atoms with Gasteiger partial charge in [0.2, 0.25) is 0 Å². The van der Waals surface area contributed by atoms with Gasteiger partial charge in [0.05, 0.1) is 49.8 Å². The van der Waals surface area contributed by atoms with Crippen LogP contribution in [0.25, 0.3) is 0 Å². The molecule has 2 aromatic carbocycles. The molecule has 210 valence electrons. The molecule has 8 heteroatoms. The highest BCUT2D eigenvalue weighted by Crippen LogP contribution is 2.42. The summed E-state index contributed by atoms with van der Waals surface area (Å²) in [6.45, 7) is 0. The lowest BCUT2D eigenvalue weighted by atomic mass is 9.98. The maximum absolute atomic E-state index is 12.5. The van der Waals surface area contributed by atoms with Crippen molar-refractivity contribution in [3.63, 3.8) is 0 Å². The smallest absolute Gasteiger partial charge is 0.143 e. The van der Waals surface area contributed by atoms with Crippen LogP contribution < -0.4 is 9.47 Å².